The second-order valence-corrected chi connectivity index (χ2v) is 11.4. The van der Waals surface area contributed by atoms with Gasteiger partial charge < -0.3 is 28.4 Å². The molecule has 242 valence electrons. The first kappa shape index (κ1) is 34.3. The van der Waals surface area contributed by atoms with E-state index in [4.69, 9.17) is 30.1 Å². The summed E-state index contributed by atoms with van der Waals surface area (Å²) in [5.74, 6) is 2.82. The highest BCUT2D eigenvalue weighted by Gasteiger charge is 2.34. The lowest BCUT2D eigenvalue weighted by Gasteiger charge is -2.25. The van der Waals surface area contributed by atoms with Gasteiger partial charge in [0.05, 0.1) is 53.2 Å². The molecule has 1 aromatic heterocycles. The highest BCUT2D eigenvalue weighted by atomic mass is 79.9. The lowest BCUT2D eigenvalue weighted by Crippen LogP contribution is -2.40. The molecule has 0 amide bonds. The van der Waals surface area contributed by atoms with Crippen molar-refractivity contribution in [1.29, 1.82) is 0 Å². The minimum absolute atomic E-state index is 0.0577. The molecule has 3 aromatic rings. The minimum atomic E-state index is -0.892. The van der Waals surface area contributed by atoms with E-state index < -0.39 is 18.0 Å². The summed E-state index contributed by atoms with van der Waals surface area (Å²) in [4.78, 5) is 44.2. The van der Waals surface area contributed by atoms with Crippen molar-refractivity contribution < 1.29 is 38.0 Å². The number of hydrogen-bond donors (Lipinski definition) is 0. The molecule has 4 rings (SSSR count). The molecule has 0 spiro atoms. The topological polar surface area (TPSA) is 124 Å². The van der Waals surface area contributed by atoms with E-state index in [9.17, 15) is 14.4 Å². The number of benzene rings is 2. The molecule has 0 saturated carbocycles. The molecule has 1 atom stereocenters. The largest absolute Gasteiger partial charge is 0.490 e. The number of nitrogens with zero attached hydrogens (tertiary/aromatic N) is 2. The number of ether oxygens (including phenoxy) is 6. The van der Waals surface area contributed by atoms with Gasteiger partial charge in [0.15, 0.2) is 34.4 Å². The number of aromatic nitrogens is 1. The van der Waals surface area contributed by atoms with Gasteiger partial charge in [0.25, 0.3) is 5.56 Å². The van der Waals surface area contributed by atoms with Gasteiger partial charge in [0.1, 0.15) is 6.61 Å². The van der Waals surface area contributed by atoms with Crippen molar-refractivity contribution in [2.24, 2.45) is 4.99 Å². The standard InChI is InChI=1S/C33H33BrN2O9S/c1-7-13-44-30-22(34)14-20(15-25(30)42-9-3)16-26-31(38)36-29(28(32(39)43-10-4)19(5)35-33(36)46-26)21-11-12-23(24(17-21)41-8-2)45-18-27(37)40-6/h1,11-12,14-17,29H,8-10,13,18H2,2-6H3/b26-16-/t29-/m0/s1. The molecule has 1 aliphatic rings. The fourth-order valence-corrected chi connectivity index (χ4v) is 6.35. The Labute approximate surface area is 278 Å². The van der Waals surface area contributed by atoms with Gasteiger partial charge in [-0.05, 0) is 85.1 Å². The second-order valence-electron chi connectivity index (χ2n) is 9.56. The van der Waals surface area contributed by atoms with Crippen LogP contribution in [0, 0.1) is 12.3 Å². The Morgan fingerprint density at radius 2 is 1.78 bits per heavy atom. The molecular formula is C33H33BrN2O9S. The van der Waals surface area contributed by atoms with E-state index in [0.717, 1.165) is 0 Å². The molecule has 2 aromatic carbocycles. The Morgan fingerprint density at radius 1 is 1.04 bits per heavy atom. The average molecular weight is 714 g/mol. The smallest absolute Gasteiger partial charge is 0.343 e. The Balaban J connectivity index is 1.90. The Hall–Kier alpha value is -4.54. The van der Waals surface area contributed by atoms with Crippen molar-refractivity contribution >= 4 is 45.3 Å². The number of halogens is 1. The number of methoxy groups -OCH3 is 1. The Bertz CT molecular complexity index is 1890. The van der Waals surface area contributed by atoms with Crippen molar-refractivity contribution in [2.45, 2.75) is 33.7 Å². The summed E-state index contributed by atoms with van der Waals surface area (Å²) in [5, 5.41) is 0. The van der Waals surface area contributed by atoms with Crippen LogP contribution in [0.4, 0.5) is 0 Å². The first-order valence-electron chi connectivity index (χ1n) is 14.4. The van der Waals surface area contributed by atoms with Crippen LogP contribution < -0.4 is 33.8 Å². The summed E-state index contributed by atoms with van der Waals surface area (Å²) in [5.41, 5.74) is 1.47. The van der Waals surface area contributed by atoms with E-state index in [1.807, 2.05) is 6.92 Å². The molecule has 1 aliphatic heterocycles. The van der Waals surface area contributed by atoms with Gasteiger partial charge in [0.2, 0.25) is 0 Å². The number of esters is 2. The molecule has 13 heteroatoms. The summed E-state index contributed by atoms with van der Waals surface area (Å²) < 4.78 is 35.4. The van der Waals surface area contributed by atoms with E-state index in [-0.39, 0.29) is 31.0 Å². The Morgan fingerprint density at radius 3 is 2.46 bits per heavy atom. The van der Waals surface area contributed by atoms with Crippen LogP contribution in [0.1, 0.15) is 44.9 Å². The summed E-state index contributed by atoms with van der Waals surface area (Å²) in [6.07, 6.45) is 7.09. The second kappa shape index (κ2) is 15.6. The first-order chi connectivity index (χ1) is 22.2. The number of terminal acetylenes is 1. The summed E-state index contributed by atoms with van der Waals surface area (Å²) in [6.45, 7) is 7.61. The normalized spacial score (nSPS) is 14.1. The van der Waals surface area contributed by atoms with Gasteiger partial charge in [-0.25, -0.2) is 14.6 Å². The van der Waals surface area contributed by atoms with Crippen LogP contribution in [-0.2, 0) is 19.1 Å². The fraction of sp³-hybridized carbons (Fsp3) is 0.333. The number of rotatable bonds is 13. The quantitative estimate of drug-likeness (QED) is 0.192. The van der Waals surface area contributed by atoms with Crippen LogP contribution >= 0.6 is 27.3 Å². The van der Waals surface area contributed by atoms with Crippen molar-refractivity contribution in [3.63, 3.8) is 0 Å². The molecule has 0 radical (unpaired) electrons. The van der Waals surface area contributed by atoms with Crippen molar-refractivity contribution in [2.75, 3.05) is 40.1 Å². The average Bonchev–Trinajstić information content (AvgIpc) is 3.33. The van der Waals surface area contributed by atoms with Crippen LogP contribution in [-0.4, -0.2) is 56.6 Å². The molecule has 11 nitrogen and oxygen atoms in total. The van der Waals surface area contributed by atoms with Crippen LogP contribution in [0.25, 0.3) is 6.08 Å². The number of hydrogen-bond acceptors (Lipinski definition) is 11. The third kappa shape index (κ3) is 7.46. The molecule has 0 unspecified atom stereocenters. The minimum Gasteiger partial charge on any atom is -0.490 e. The maximum atomic E-state index is 14.1. The maximum Gasteiger partial charge on any atom is 0.343 e. The monoisotopic (exact) mass is 712 g/mol. The number of fused-ring (bicyclic) bond motifs is 1. The highest BCUT2D eigenvalue weighted by molar-refractivity contribution is 9.10. The van der Waals surface area contributed by atoms with Gasteiger partial charge in [0, 0.05) is 0 Å². The van der Waals surface area contributed by atoms with Crippen LogP contribution in [0.2, 0.25) is 0 Å². The van der Waals surface area contributed by atoms with Crippen molar-refractivity contribution in [3.8, 4) is 35.3 Å². The van der Waals surface area contributed by atoms with E-state index in [2.05, 4.69) is 31.6 Å². The van der Waals surface area contributed by atoms with Crippen LogP contribution in [0.3, 0.4) is 0 Å². The zero-order valence-corrected chi connectivity index (χ0v) is 28.4. The molecule has 0 bridgehead atoms. The SMILES string of the molecule is C#CCOc1c(Br)cc(/C=c2\sc3n(c2=O)[C@@H](c2ccc(OCC(=O)OC)c(OCC)c2)C(C(=O)OCC)=C(C)N=3)cc1OCC. The molecular weight excluding hydrogens is 680 g/mol. The molecule has 0 saturated heterocycles. The molecule has 46 heavy (non-hydrogen) atoms. The van der Waals surface area contributed by atoms with Gasteiger partial charge >= 0.3 is 11.9 Å². The van der Waals surface area contributed by atoms with Gasteiger partial charge in [-0.2, -0.15) is 0 Å². The van der Waals surface area contributed by atoms with E-state index in [0.29, 0.717) is 66.8 Å². The first-order valence-corrected chi connectivity index (χ1v) is 16.0. The highest BCUT2D eigenvalue weighted by Crippen LogP contribution is 2.38. The van der Waals surface area contributed by atoms with Gasteiger partial charge in [-0.3, -0.25) is 9.36 Å². The molecule has 0 aliphatic carbocycles. The van der Waals surface area contributed by atoms with Crippen molar-refractivity contribution in [3.05, 3.63) is 76.9 Å². The van der Waals surface area contributed by atoms with E-state index in [1.165, 1.54) is 23.0 Å². The lowest BCUT2D eigenvalue weighted by atomic mass is 9.95. The third-order valence-electron chi connectivity index (χ3n) is 6.60. The molecule has 2 heterocycles. The maximum absolute atomic E-state index is 14.1. The van der Waals surface area contributed by atoms with E-state index in [1.54, 1.807) is 57.2 Å². The zero-order valence-electron chi connectivity index (χ0n) is 26.0. The van der Waals surface area contributed by atoms with Gasteiger partial charge in [-0.15, -0.1) is 6.42 Å². The number of thiazole rings is 1. The summed E-state index contributed by atoms with van der Waals surface area (Å²) in [6, 6.07) is 7.66. The van der Waals surface area contributed by atoms with E-state index >= 15 is 0 Å². The third-order valence-corrected chi connectivity index (χ3v) is 8.17. The number of allylic oxidation sites excluding steroid dienone is 1. The molecule has 0 N–H and O–H groups in total. The lowest BCUT2D eigenvalue weighted by molar-refractivity contribution is -0.143. The van der Waals surface area contributed by atoms with Gasteiger partial charge in [-0.1, -0.05) is 23.3 Å². The zero-order chi connectivity index (χ0) is 33.4. The number of carbonyl (C=O) groups is 2. The fourth-order valence-electron chi connectivity index (χ4n) is 4.72. The van der Waals surface area contributed by atoms with Crippen molar-refractivity contribution in [1.82, 2.24) is 4.57 Å². The summed E-state index contributed by atoms with van der Waals surface area (Å²) in [7, 11) is 1.27. The molecule has 0 fully saturated rings. The summed E-state index contributed by atoms with van der Waals surface area (Å²) >= 11 is 4.71. The van der Waals surface area contributed by atoms with Crippen LogP contribution in [0.5, 0.6) is 23.0 Å². The predicted octanol–water partition coefficient (Wildman–Crippen LogP) is 3.92. The van der Waals surface area contributed by atoms with Crippen LogP contribution in [0.15, 0.2) is 55.9 Å². The Kier molecular flexibility index (Phi) is 11.7. The predicted molar refractivity (Wildman–Crippen MR) is 175 cm³/mol. The number of carbonyl (C=O) groups excluding carboxylic acids is 2.